The molecule has 0 aliphatic rings. The smallest absolute Gasteiger partial charge is 0.312 e. The van der Waals surface area contributed by atoms with Crippen LogP contribution in [-0.2, 0) is 11.3 Å². The molecule has 0 heterocycles. The lowest BCUT2D eigenvalue weighted by molar-refractivity contribution is 0.379. The van der Waals surface area contributed by atoms with Gasteiger partial charge in [-0.1, -0.05) is 36.4 Å². The molecule has 2 heteroatoms. The van der Waals surface area contributed by atoms with Gasteiger partial charge in [0.1, 0.15) is 0 Å². The SMILES string of the molecule is C=CCCN([C]=O)Cc1ccccc1. The van der Waals surface area contributed by atoms with Crippen molar-refractivity contribution in [1.29, 1.82) is 0 Å². The van der Waals surface area contributed by atoms with E-state index in [1.807, 2.05) is 36.7 Å². The summed E-state index contributed by atoms with van der Waals surface area (Å²) in [4.78, 5) is 12.2. The van der Waals surface area contributed by atoms with E-state index in [1.165, 1.54) is 0 Å². The predicted octanol–water partition coefficient (Wildman–Crippen LogP) is 2.13. The normalized spacial score (nSPS) is 9.43. The molecule has 0 spiro atoms. The highest BCUT2D eigenvalue weighted by Crippen LogP contribution is 2.03. The molecule has 0 unspecified atom stereocenters. The minimum absolute atomic E-state index is 0.623. The van der Waals surface area contributed by atoms with Gasteiger partial charge in [-0.3, -0.25) is 4.79 Å². The summed E-state index contributed by atoms with van der Waals surface area (Å²) in [6.45, 7) is 4.92. The van der Waals surface area contributed by atoms with Crippen molar-refractivity contribution >= 4 is 6.41 Å². The first kappa shape index (κ1) is 10.5. The van der Waals surface area contributed by atoms with E-state index in [0.29, 0.717) is 13.1 Å². The van der Waals surface area contributed by atoms with Crippen LogP contribution >= 0.6 is 0 Å². The van der Waals surface area contributed by atoms with Crippen molar-refractivity contribution in [3.05, 3.63) is 48.6 Å². The van der Waals surface area contributed by atoms with Crippen molar-refractivity contribution < 1.29 is 4.79 Å². The fourth-order valence-electron chi connectivity index (χ4n) is 1.21. The third-order valence-corrected chi connectivity index (χ3v) is 1.95. The zero-order valence-corrected chi connectivity index (χ0v) is 8.15. The van der Waals surface area contributed by atoms with Crippen LogP contribution in [0.5, 0.6) is 0 Å². The van der Waals surface area contributed by atoms with E-state index in [2.05, 4.69) is 6.58 Å². The fourth-order valence-corrected chi connectivity index (χ4v) is 1.21. The van der Waals surface area contributed by atoms with Crippen LogP contribution in [0.25, 0.3) is 0 Å². The van der Waals surface area contributed by atoms with Gasteiger partial charge in [0.2, 0.25) is 0 Å². The molecule has 0 bridgehead atoms. The van der Waals surface area contributed by atoms with Gasteiger partial charge < -0.3 is 4.90 Å². The minimum atomic E-state index is 0.623. The summed E-state index contributed by atoms with van der Waals surface area (Å²) in [7, 11) is 0. The first-order valence-electron chi connectivity index (χ1n) is 4.64. The molecule has 0 aliphatic carbocycles. The average molecular weight is 188 g/mol. The monoisotopic (exact) mass is 188 g/mol. The molecule has 0 aliphatic heterocycles. The average Bonchev–Trinajstić information content (AvgIpc) is 2.25. The summed E-state index contributed by atoms with van der Waals surface area (Å²) in [6, 6.07) is 9.89. The van der Waals surface area contributed by atoms with Crippen molar-refractivity contribution in [2.45, 2.75) is 13.0 Å². The van der Waals surface area contributed by atoms with Gasteiger partial charge in [0.15, 0.2) is 0 Å². The van der Waals surface area contributed by atoms with E-state index in [9.17, 15) is 4.79 Å². The van der Waals surface area contributed by atoms with Gasteiger partial charge in [-0.05, 0) is 12.0 Å². The maximum Gasteiger partial charge on any atom is 0.312 e. The standard InChI is InChI=1S/C12H14NO/c1-2-3-9-13(11-14)10-12-7-5-4-6-8-12/h2,4-8H,1,3,9-10H2. The summed E-state index contributed by atoms with van der Waals surface area (Å²) >= 11 is 0. The maximum absolute atomic E-state index is 10.6. The Morgan fingerprint density at radius 1 is 1.36 bits per heavy atom. The molecule has 0 N–H and O–H groups in total. The molecule has 1 radical (unpaired) electrons. The molecular weight excluding hydrogens is 174 g/mol. The molecular formula is C12H14NO. The fraction of sp³-hybridized carbons (Fsp3) is 0.250. The highest BCUT2D eigenvalue weighted by atomic mass is 16.1. The predicted molar refractivity (Wildman–Crippen MR) is 57.4 cm³/mol. The second-order valence-electron chi connectivity index (χ2n) is 3.08. The second-order valence-corrected chi connectivity index (χ2v) is 3.08. The van der Waals surface area contributed by atoms with E-state index in [0.717, 1.165) is 12.0 Å². The highest BCUT2D eigenvalue weighted by Gasteiger charge is 2.01. The van der Waals surface area contributed by atoms with Gasteiger partial charge in [-0.25, -0.2) is 0 Å². The van der Waals surface area contributed by atoms with Crippen molar-refractivity contribution in [1.82, 2.24) is 4.90 Å². The molecule has 0 saturated carbocycles. The largest absolute Gasteiger partial charge is 0.330 e. The van der Waals surface area contributed by atoms with Crippen LogP contribution < -0.4 is 0 Å². The summed E-state index contributed by atoms with van der Waals surface area (Å²) in [5.41, 5.74) is 1.12. The molecule has 14 heavy (non-hydrogen) atoms. The van der Waals surface area contributed by atoms with E-state index >= 15 is 0 Å². The van der Waals surface area contributed by atoms with Crippen LogP contribution in [-0.4, -0.2) is 17.9 Å². The molecule has 2 nitrogen and oxygen atoms in total. The van der Waals surface area contributed by atoms with Crippen molar-refractivity contribution in [2.75, 3.05) is 6.54 Å². The zero-order chi connectivity index (χ0) is 10.2. The Hall–Kier alpha value is -1.57. The summed E-state index contributed by atoms with van der Waals surface area (Å²) < 4.78 is 0. The number of benzene rings is 1. The Bertz CT molecular complexity index is 282. The minimum Gasteiger partial charge on any atom is -0.330 e. The Labute approximate surface area is 84.9 Å². The van der Waals surface area contributed by atoms with Crippen LogP contribution in [0.2, 0.25) is 0 Å². The van der Waals surface area contributed by atoms with Gasteiger partial charge in [-0.2, -0.15) is 0 Å². The lowest BCUT2D eigenvalue weighted by atomic mass is 10.2. The van der Waals surface area contributed by atoms with Gasteiger partial charge in [0.05, 0.1) is 0 Å². The van der Waals surface area contributed by atoms with E-state index in [-0.39, 0.29) is 0 Å². The molecule has 0 saturated heterocycles. The molecule has 0 aromatic heterocycles. The van der Waals surface area contributed by atoms with Crippen molar-refractivity contribution in [3.63, 3.8) is 0 Å². The van der Waals surface area contributed by atoms with E-state index in [4.69, 9.17) is 0 Å². The van der Waals surface area contributed by atoms with Crippen LogP contribution in [0.4, 0.5) is 0 Å². The van der Waals surface area contributed by atoms with Crippen LogP contribution in [0.15, 0.2) is 43.0 Å². The van der Waals surface area contributed by atoms with Gasteiger partial charge >= 0.3 is 6.41 Å². The number of hydrogen-bond donors (Lipinski definition) is 0. The van der Waals surface area contributed by atoms with Gasteiger partial charge in [0.25, 0.3) is 0 Å². The first-order chi connectivity index (χ1) is 6.86. The quantitative estimate of drug-likeness (QED) is 0.494. The zero-order valence-electron chi connectivity index (χ0n) is 8.15. The van der Waals surface area contributed by atoms with Gasteiger partial charge in [-0.15, -0.1) is 6.58 Å². The van der Waals surface area contributed by atoms with Crippen molar-refractivity contribution in [2.24, 2.45) is 0 Å². The Morgan fingerprint density at radius 2 is 2.07 bits per heavy atom. The number of amides is 1. The lowest BCUT2D eigenvalue weighted by Crippen LogP contribution is -2.22. The maximum atomic E-state index is 10.6. The molecule has 0 atom stereocenters. The van der Waals surface area contributed by atoms with Crippen LogP contribution in [0.3, 0.4) is 0 Å². The topological polar surface area (TPSA) is 20.3 Å². The Kier molecular flexibility index (Phi) is 4.48. The summed E-state index contributed by atoms with van der Waals surface area (Å²) in [5, 5.41) is 0. The summed E-state index contributed by atoms with van der Waals surface area (Å²) in [6.07, 6.45) is 4.53. The second kappa shape index (κ2) is 5.97. The Morgan fingerprint density at radius 3 is 2.64 bits per heavy atom. The molecule has 73 valence electrons. The number of carbonyl (C=O) groups excluding carboxylic acids is 1. The number of hydrogen-bond acceptors (Lipinski definition) is 1. The van der Waals surface area contributed by atoms with Gasteiger partial charge in [0, 0.05) is 13.1 Å². The Balaban J connectivity index is 2.48. The van der Waals surface area contributed by atoms with Crippen LogP contribution in [0, 0.1) is 0 Å². The molecule has 1 rings (SSSR count). The third kappa shape index (κ3) is 3.44. The number of nitrogens with zero attached hydrogens (tertiary/aromatic N) is 1. The van der Waals surface area contributed by atoms with Crippen LogP contribution in [0.1, 0.15) is 12.0 Å². The molecule has 1 amide bonds. The molecule has 1 aromatic carbocycles. The summed E-state index contributed by atoms with van der Waals surface area (Å²) in [5.74, 6) is 0. The van der Waals surface area contributed by atoms with E-state index < -0.39 is 0 Å². The number of rotatable bonds is 6. The molecule has 0 fully saturated rings. The third-order valence-electron chi connectivity index (χ3n) is 1.95. The lowest BCUT2D eigenvalue weighted by Gasteiger charge is -2.14. The first-order valence-corrected chi connectivity index (χ1v) is 4.64. The highest BCUT2D eigenvalue weighted by molar-refractivity contribution is 5.48. The molecule has 1 aromatic rings. The van der Waals surface area contributed by atoms with Crippen molar-refractivity contribution in [3.8, 4) is 0 Å². The van der Waals surface area contributed by atoms with E-state index in [1.54, 1.807) is 11.0 Å².